The van der Waals surface area contributed by atoms with E-state index < -0.39 is 0 Å². The lowest BCUT2D eigenvalue weighted by molar-refractivity contribution is 0.669. The predicted molar refractivity (Wildman–Crippen MR) is 193 cm³/mol. The van der Waals surface area contributed by atoms with Gasteiger partial charge in [0, 0.05) is 39.2 Å². The first-order valence-electron chi connectivity index (χ1n) is 15.8. The van der Waals surface area contributed by atoms with Crippen molar-refractivity contribution < 1.29 is 4.42 Å². The van der Waals surface area contributed by atoms with Crippen LogP contribution in [0, 0.1) is 0 Å². The third kappa shape index (κ3) is 3.55. The Morgan fingerprint density at radius 2 is 0.978 bits per heavy atom. The Bertz CT molecular complexity index is 2450. The molecule has 46 heavy (non-hydrogen) atoms. The molecule has 0 saturated carbocycles. The van der Waals surface area contributed by atoms with Gasteiger partial charge in [-0.05, 0) is 76.0 Å². The summed E-state index contributed by atoms with van der Waals surface area (Å²) in [5, 5.41) is 2.25. The molecule has 0 fully saturated rings. The van der Waals surface area contributed by atoms with Crippen molar-refractivity contribution in [3.8, 4) is 11.1 Å². The molecule has 0 aliphatic carbocycles. The van der Waals surface area contributed by atoms with Crippen molar-refractivity contribution in [2.75, 3.05) is 9.80 Å². The molecule has 10 rings (SSSR count). The molecule has 7 aromatic carbocycles. The number of rotatable bonds is 3. The fourth-order valence-electron chi connectivity index (χ4n) is 7.72. The highest BCUT2D eigenvalue weighted by atomic mass is 16.3. The Morgan fingerprint density at radius 1 is 0.413 bits per heavy atom. The normalized spacial score (nSPS) is 13.1. The van der Waals surface area contributed by atoms with Crippen LogP contribution in [-0.4, -0.2) is 6.71 Å². The van der Waals surface area contributed by atoms with E-state index in [1.807, 2.05) is 6.07 Å². The van der Waals surface area contributed by atoms with Crippen LogP contribution in [0.1, 0.15) is 0 Å². The maximum Gasteiger partial charge on any atom is 0.252 e. The average Bonchev–Trinajstić information content (AvgIpc) is 3.51. The monoisotopic (exact) mass is 586 g/mol. The van der Waals surface area contributed by atoms with Crippen molar-refractivity contribution in [1.29, 1.82) is 0 Å². The molecule has 0 atom stereocenters. The first-order valence-corrected chi connectivity index (χ1v) is 15.8. The Balaban J connectivity index is 1.35. The van der Waals surface area contributed by atoms with Gasteiger partial charge < -0.3 is 14.2 Å². The van der Waals surface area contributed by atoms with Gasteiger partial charge in [-0.25, -0.2) is 0 Å². The van der Waals surface area contributed by atoms with E-state index in [1.54, 1.807) is 0 Å². The molecule has 0 bridgehead atoms. The zero-order chi connectivity index (χ0) is 30.2. The molecular weight excluding hydrogens is 559 g/mol. The van der Waals surface area contributed by atoms with Gasteiger partial charge in [0.05, 0.1) is 5.69 Å². The first-order chi connectivity index (χ1) is 22.8. The topological polar surface area (TPSA) is 19.6 Å². The molecule has 0 spiro atoms. The second-order valence-electron chi connectivity index (χ2n) is 12.1. The summed E-state index contributed by atoms with van der Waals surface area (Å²) in [5.41, 5.74) is 15.0. The third-order valence-electron chi connectivity index (χ3n) is 9.63. The molecule has 8 aromatic rings. The van der Waals surface area contributed by atoms with Crippen LogP contribution in [0.15, 0.2) is 168 Å². The van der Waals surface area contributed by atoms with Gasteiger partial charge in [-0.3, -0.25) is 0 Å². The van der Waals surface area contributed by atoms with E-state index in [2.05, 4.69) is 168 Å². The largest absolute Gasteiger partial charge is 0.454 e. The van der Waals surface area contributed by atoms with Crippen LogP contribution in [0.2, 0.25) is 0 Å². The van der Waals surface area contributed by atoms with E-state index in [0.29, 0.717) is 0 Å². The maximum absolute atomic E-state index is 6.67. The zero-order valence-electron chi connectivity index (χ0n) is 25.0. The smallest absolute Gasteiger partial charge is 0.252 e. The molecule has 4 heteroatoms. The molecule has 0 saturated heterocycles. The highest BCUT2D eigenvalue weighted by Gasteiger charge is 2.43. The predicted octanol–water partition coefficient (Wildman–Crippen LogP) is 9.34. The lowest BCUT2D eigenvalue weighted by Crippen LogP contribution is -2.61. The summed E-state index contributed by atoms with van der Waals surface area (Å²) < 4.78 is 6.67. The van der Waals surface area contributed by atoms with E-state index in [-0.39, 0.29) is 6.71 Å². The minimum absolute atomic E-state index is 0.0771. The molecule has 0 N–H and O–H groups in total. The Morgan fingerprint density at radius 3 is 1.74 bits per heavy atom. The summed E-state index contributed by atoms with van der Waals surface area (Å²) in [4.78, 5) is 4.89. The van der Waals surface area contributed by atoms with Gasteiger partial charge >= 0.3 is 0 Å². The quantitative estimate of drug-likeness (QED) is 0.192. The SMILES string of the molecule is c1ccc(-c2cc3c4c(c2)N(c2cccc5c2oc2ccccc25)c2ccccc2B4c2ccccc2N3c2ccccc2)cc1. The molecular formula is C42H27BN2O. The third-order valence-corrected chi connectivity index (χ3v) is 9.63. The summed E-state index contributed by atoms with van der Waals surface area (Å²) in [5.74, 6) is 0. The number of hydrogen-bond acceptors (Lipinski definition) is 3. The molecule has 0 unspecified atom stereocenters. The molecule has 3 nitrogen and oxygen atoms in total. The standard InChI is InChI=1S/C42H27BN2O/c1-3-14-28(15-4-1)29-26-38-41-39(27-29)45(37-24-13-19-32-31-18-7-12-25-40(31)46-42(32)37)36-23-11-9-21-34(36)43(41)33-20-8-10-22-35(33)44(38)30-16-5-2-6-17-30/h1-27H. The van der Waals surface area contributed by atoms with Crippen LogP contribution >= 0.6 is 0 Å². The van der Waals surface area contributed by atoms with Crippen molar-refractivity contribution in [1.82, 2.24) is 0 Å². The fourth-order valence-corrected chi connectivity index (χ4v) is 7.72. The summed E-state index contributed by atoms with van der Waals surface area (Å²) >= 11 is 0. The van der Waals surface area contributed by atoms with Crippen molar-refractivity contribution in [3.63, 3.8) is 0 Å². The fraction of sp³-hybridized carbons (Fsp3) is 0. The number of para-hydroxylation sites is 5. The second kappa shape index (κ2) is 9.75. The molecule has 0 radical (unpaired) electrons. The number of benzene rings is 7. The summed E-state index contributed by atoms with van der Waals surface area (Å²) in [6.07, 6.45) is 0. The van der Waals surface area contributed by atoms with Crippen molar-refractivity contribution >= 4 is 79.2 Å². The Kier molecular flexibility index (Phi) is 5.37. The van der Waals surface area contributed by atoms with E-state index in [0.717, 1.165) is 33.3 Å². The van der Waals surface area contributed by atoms with E-state index in [1.165, 1.54) is 50.3 Å². The van der Waals surface area contributed by atoms with Crippen LogP contribution in [0.3, 0.4) is 0 Å². The van der Waals surface area contributed by atoms with Crippen molar-refractivity contribution in [2.45, 2.75) is 0 Å². The minimum Gasteiger partial charge on any atom is -0.454 e. The average molecular weight is 587 g/mol. The first kappa shape index (κ1) is 25.3. The van der Waals surface area contributed by atoms with Gasteiger partial charge in [-0.1, -0.05) is 115 Å². The molecule has 3 heterocycles. The summed E-state index contributed by atoms with van der Waals surface area (Å²) in [6, 6.07) is 58.9. The van der Waals surface area contributed by atoms with Gasteiger partial charge in [0.1, 0.15) is 5.58 Å². The molecule has 1 aromatic heterocycles. The number of fused-ring (bicyclic) bond motifs is 7. The highest BCUT2D eigenvalue weighted by molar-refractivity contribution is 7.00. The number of furan rings is 1. The molecule has 2 aliphatic rings. The van der Waals surface area contributed by atoms with Gasteiger partial charge in [-0.2, -0.15) is 0 Å². The summed E-state index contributed by atoms with van der Waals surface area (Å²) in [7, 11) is 0. The van der Waals surface area contributed by atoms with E-state index >= 15 is 0 Å². The van der Waals surface area contributed by atoms with Gasteiger partial charge in [0.25, 0.3) is 6.71 Å². The van der Waals surface area contributed by atoms with Crippen LogP contribution in [0.5, 0.6) is 0 Å². The lowest BCUT2D eigenvalue weighted by Gasteiger charge is -2.44. The van der Waals surface area contributed by atoms with Crippen molar-refractivity contribution in [2.24, 2.45) is 0 Å². The van der Waals surface area contributed by atoms with Crippen LogP contribution in [0.4, 0.5) is 34.1 Å². The van der Waals surface area contributed by atoms with Crippen LogP contribution in [-0.2, 0) is 0 Å². The van der Waals surface area contributed by atoms with Crippen molar-refractivity contribution in [3.05, 3.63) is 164 Å². The minimum atomic E-state index is 0.0771. The van der Waals surface area contributed by atoms with Gasteiger partial charge in [-0.15, -0.1) is 0 Å². The van der Waals surface area contributed by atoms with Gasteiger partial charge in [0.2, 0.25) is 0 Å². The molecule has 214 valence electrons. The highest BCUT2D eigenvalue weighted by Crippen LogP contribution is 2.47. The second-order valence-corrected chi connectivity index (χ2v) is 12.1. The molecule has 2 aliphatic heterocycles. The Labute approximate surface area is 267 Å². The lowest BCUT2D eigenvalue weighted by atomic mass is 9.33. The number of anilines is 6. The summed E-state index contributed by atoms with van der Waals surface area (Å²) in [6.45, 7) is 0.0771. The number of hydrogen-bond donors (Lipinski definition) is 0. The van der Waals surface area contributed by atoms with E-state index in [4.69, 9.17) is 4.42 Å². The van der Waals surface area contributed by atoms with E-state index in [9.17, 15) is 0 Å². The maximum atomic E-state index is 6.67. The molecule has 0 amide bonds. The Hall–Kier alpha value is -6.00. The number of nitrogens with zero attached hydrogens (tertiary/aromatic N) is 2. The van der Waals surface area contributed by atoms with Gasteiger partial charge in [0.15, 0.2) is 5.58 Å². The van der Waals surface area contributed by atoms with Crippen LogP contribution in [0.25, 0.3) is 33.1 Å². The van der Waals surface area contributed by atoms with Crippen LogP contribution < -0.4 is 26.2 Å². The zero-order valence-corrected chi connectivity index (χ0v) is 25.0.